The molecule has 0 aliphatic carbocycles. The van der Waals surface area contributed by atoms with Crippen molar-refractivity contribution in [1.29, 1.82) is 0 Å². The van der Waals surface area contributed by atoms with Crippen LogP contribution in [0, 0.1) is 0 Å². The second kappa shape index (κ2) is 7.36. The quantitative estimate of drug-likeness (QED) is 0.726. The maximum atomic E-state index is 10.1. The van der Waals surface area contributed by atoms with Crippen LogP contribution in [-0.2, 0) is 13.2 Å². The summed E-state index contributed by atoms with van der Waals surface area (Å²) in [6, 6.07) is 24.8. The van der Waals surface area contributed by atoms with Crippen molar-refractivity contribution in [2.24, 2.45) is 0 Å². The van der Waals surface area contributed by atoms with Crippen LogP contribution in [0.4, 0.5) is 0 Å². The van der Waals surface area contributed by atoms with Gasteiger partial charge < -0.3 is 14.6 Å². The molecule has 0 bridgehead atoms. The Morgan fingerprint density at radius 3 is 1.78 bits per heavy atom. The van der Waals surface area contributed by atoms with Crippen molar-refractivity contribution in [3.63, 3.8) is 0 Å². The molecule has 0 unspecified atom stereocenters. The highest BCUT2D eigenvalue weighted by molar-refractivity contribution is 5.44. The fourth-order valence-corrected chi connectivity index (χ4v) is 2.19. The average molecular weight is 306 g/mol. The molecule has 3 aromatic carbocycles. The molecule has 0 spiro atoms. The average Bonchev–Trinajstić information content (AvgIpc) is 2.61. The van der Waals surface area contributed by atoms with Crippen LogP contribution < -0.4 is 9.47 Å². The minimum Gasteiger partial charge on any atom is -0.504 e. The molecule has 116 valence electrons. The van der Waals surface area contributed by atoms with E-state index < -0.39 is 0 Å². The van der Waals surface area contributed by atoms with Crippen molar-refractivity contribution in [1.82, 2.24) is 0 Å². The van der Waals surface area contributed by atoms with Gasteiger partial charge in [-0.05, 0) is 23.3 Å². The summed E-state index contributed by atoms with van der Waals surface area (Å²) in [5.41, 5.74) is 2.13. The largest absolute Gasteiger partial charge is 0.504 e. The minimum absolute atomic E-state index is 0.0755. The Bertz CT molecular complexity index is 739. The standard InChI is InChI=1S/C20H18O3/c21-19-13-18(22-14-16-7-3-1-4-8-16)11-12-20(19)23-15-17-9-5-2-6-10-17/h1-13,21H,14-15H2. The molecule has 0 aromatic heterocycles. The summed E-state index contributed by atoms with van der Waals surface area (Å²) in [4.78, 5) is 0. The first kappa shape index (κ1) is 15.0. The lowest BCUT2D eigenvalue weighted by molar-refractivity contribution is 0.282. The number of hydrogen-bond acceptors (Lipinski definition) is 3. The van der Waals surface area contributed by atoms with Crippen molar-refractivity contribution in [3.05, 3.63) is 90.0 Å². The zero-order valence-electron chi connectivity index (χ0n) is 12.7. The molecule has 0 aliphatic rings. The summed E-state index contributed by atoms with van der Waals surface area (Å²) >= 11 is 0. The van der Waals surface area contributed by atoms with E-state index in [9.17, 15) is 5.11 Å². The molecule has 0 amide bonds. The number of aromatic hydroxyl groups is 1. The van der Waals surface area contributed by atoms with Crippen LogP contribution in [0.25, 0.3) is 0 Å². The highest BCUT2D eigenvalue weighted by atomic mass is 16.5. The Labute approximate surface area is 135 Å². The van der Waals surface area contributed by atoms with E-state index in [1.165, 1.54) is 0 Å². The summed E-state index contributed by atoms with van der Waals surface area (Å²) in [5, 5.41) is 10.1. The first-order valence-corrected chi connectivity index (χ1v) is 7.48. The summed E-state index contributed by atoms with van der Waals surface area (Å²) in [7, 11) is 0. The third-order valence-corrected chi connectivity index (χ3v) is 3.42. The van der Waals surface area contributed by atoms with Gasteiger partial charge in [0.15, 0.2) is 11.5 Å². The van der Waals surface area contributed by atoms with E-state index in [0.29, 0.717) is 24.7 Å². The van der Waals surface area contributed by atoms with Gasteiger partial charge in [-0.2, -0.15) is 0 Å². The summed E-state index contributed by atoms with van der Waals surface area (Å²) in [6.45, 7) is 0.878. The van der Waals surface area contributed by atoms with Crippen LogP contribution in [0.1, 0.15) is 11.1 Å². The van der Waals surface area contributed by atoms with Gasteiger partial charge in [0.1, 0.15) is 19.0 Å². The van der Waals surface area contributed by atoms with Gasteiger partial charge in [-0.1, -0.05) is 60.7 Å². The van der Waals surface area contributed by atoms with Crippen LogP contribution in [0.5, 0.6) is 17.2 Å². The van der Waals surface area contributed by atoms with Gasteiger partial charge in [-0.25, -0.2) is 0 Å². The number of phenolic OH excluding ortho intramolecular Hbond substituents is 1. The molecular weight excluding hydrogens is 288 g/mol. The first-order chi connectivity index (χ1) is 11.3. The highest BCUT2D eigenvalue weighted by Gasteiger charge is 2.05. The fraction of sp³-hybridized carbons (Fsp3) is 0.100. The highest BCUT2D eigenvalue weighted by Crippen LogP contribution is 2.31. The van der Waals surface area contributed by atoms with E-state index in [-0.39, 0.29) is 5.75 Å². The van der Waals surface area contributed by atoms with E-state index >= 15 is 0 Å². The van der Waals surface area contributed by atoms with E-state index in [1.54, 1.807) is 18.2 Å². The van der Waals surface area contributed by atoms with Crippen LogP contribution in [-0.4, -0.2) is 5.11 Å². The van der Waals surface area contributed by atoms with Gasteiger partial charge in [0.2, 0.25) is 0 Å². The number of ether oxygens (including phenoxy) is 2. The maximum Gasteiger partial charge on any atom is 0.161 e. The molecule has 0 saturated heterocycles. The van der Waals surface area contributed by atoms with Crippen LogP contribution in [0.3, 0.4) is 0 Å². The number of rotatable bonds is 6. The topological polar surface area (TPSA) is 38.7 Å². The monoisotopic (exact) mass is 306 g/mol. The van der Waals surface area contributed by atoms with E-state index in [1.807, 2.05) is 60.7 Å². The molecule has 0 aliphatic heterocycles. The second-order valence-corrected chi connectivity index (χ2v) is 5.18. The van der Waals surface area contributed by atoms with Crippen molar-refractivity contribution in [2.45, 2.75) is 13.2 Å². The smallest absolute Gasteiger partial charge is 0.161 e. The zero-order valence-corrected chi connectivity index (χ0v) is 12.7. The lowest BCUT2D eigenvalue weighted by Gasteiger charge is -2.11. The van der Waals surface area contributed by atoms with E-state index in [2.05, 4.69) is 0 Å². The Morgan fingerprint density at radius 1 is 0.652 bits per heavy atom. The van der Waals surface area contributed by atoms with Crippen LogP contribution in [0.2, 0.25) is 0 Å². The normalized spacial score (nSPS) is 10.3. The minimum atomic E-state index is 0.0755. The molecule has 3 heteroatoms. The second-order valence-electron chi connectivity index (χ2n) is 5.18. The Hall–Kier alpha value is -2.94. The summed E-state index contributed by atoms with van der Waals surface area (Å²) < 4.78 is 11.3. The number of hydrogen-bond donors (Lipinski definition) is 1. The lowest BCUT2D eigenvalue weighted by Crippen LogP contribution is -1.97. The first-order valence-electron chi connectivity index (χ1n) is 7.48. The Morgan fingerprint density at radius 2 is 1.22 bits per heavy atom. The molecule has 0 atom stereocenters. The van der Waals surface area contributed by atoms with Crippen molar-refractivity contribution < 1.29 is 14.6 Å². The molecule has 0 fully saturated rings. The Balaban J connectivity index is 1.59. The summed E-state index contributed by atoms with van der Waals surface area (Å²) in [6.07, 6.45) is 0. The van der Waals surface area contributed by atoms with Crippen LogP contribution in [0.15, 0.2) is 78.9 Å². The van der Waals surface area contributed by atoms with Gasteiger partial charge in [0, 0.05) is 6.07 Å². The van der Waals surface area contributed by atoms with Gasteiger partial charge in [0.05, 0.1) is 0 Å². The van der Waals surface area contributed by atoms with Crippen molar-refractivity contribution in [2.75, 3.05) is 0 Å². The number of phenols is 1. The predicted octanol–water partition coefficient (Wildman–Crippen LogP) is 4.55. The maximum absolute atomic E-state index is 10.1. The molecule has 0 heterocycles. The van der Waals surface area contributed by atoms with Gasteiger partial charge in [0.25, 0.3) is 0 Å². The van der Waals surface area contributed by atoms with E-state index in [4.69, 9.17) is 9.47 Å². The molecule has 1 N–H and O–H groups in total. The third-order valence-electron chi connectivity index (χ3n) is 3.42. The fourth-order valence-electron chi connectivity index (χ4n) is 2.19. The molecule has 0 saturated carbocycles. The lowest BCUT2D eigenvalue weighted by atomic mass is 10.2. The van der Waals surface area contributed by atoms with Gasteiger partial charge in [-0.15, -0.1) is 0 Å². The van der Waals surface area contributed by atoms with Crippen molar-refractivity contribution in [3.8, 4) is 17.2 Å². The molecule has 3 rings (SSSR count). The zero-order chi connectivity index (χ0) is 15.9. The van der Waals surface area contributed by atoms with Crippen LogP contribution >= 0.6 is 0 Å². The molecule has 3 nitrogen and oxygen atoms in total. The molecule has 3 aromatic rings. The SMILES string of the molecule is Oc1cc(OCc2ccccc2)ccc1OCc1ccccc1. The molecule has 0 radical (unpaired) electrons. The summed E-state index contributed by atoms with van der Waals surface area (Å²) in [5.74, 6) is 1.13. The molecular formula is C20H18O3. The predicted molar refractivity (Wildman–Crippen MR) is 89.7 cm³/mol. The third kappa shape index (κ3) is 4.27. The van der Waals surface area contributed by atoms with Gasteiger partial charge >= 0.3 is 0 Å². The number of benzene rings is 3. The van der Waals surface area contributed by atoms with E-state index in [0.717, 1.165) is 11.1 Å². The Kier molecular flexibility index (Phi) is 4.79. The van der Waals surface area contributed by atoms with Gasteiger partial charge in [-0.3, -0.25) is 0 Å². The van der Waals surface area contributed by atoms with Crippen molar-refractivity contribution >= 4 is 0 Å². The molecule has 23 heavy (non-hydrogen) atoms.